The van der Waals surface area contributed by atoms with Gasteiger partial charge in [-0.25, -0.2) is 0 Å². The number of hydrogen-bond acceptors (Lipinski definition) is 6. The first-order valence-corrected chi connectivity index (χ1v) is 8.22. The van der Waals surface area contributed by atoms with Crippen LogP contribution in [-0.4, -0.2) is 37.6 Å². The van der Waals surface area contributed by atoms with Crippen LogP contribution in [0.25, 0.3) is 0 Å². The number of likely N-dealkylation sites (N-methyl/N-ethyl adjacent to an activating group) is 1. The summed E-state index contributed by atoms with van der Waals surface area (Å²) in [6.45, 7) is 6.60. The van der Waals surface area contributed by atoms with Crippen molar-refractivity contribution in [3.05, 3.63) is 41.4 Å². The Bertz CT molecular complexity index is 736. The molecule has 2 rings (SSSR count). The molecule has 0 aliphatic heterocycles. The van der Waals surface area contributed by atoms with E-state index in [1.165, 1.54) is 0 Å². The Morgan fingerprint density at radius 3 is 2.40 bits per heavy atom. The molecule has 0 fully saturated rings. The Kier molecular flexibility index (Phi) is 5.70. The van der Waals surface area contributed by atoms with Crippen molar-refractivity contribution in [2.75, 3.05) is 33.1 Å². The predicted octanol–water partition coefficient (Wildman–Crippen LogP) is 3.57. The molecule has 0 radical (unpaired) electrons. The second kappa shape index (κ2) is 7.58. The molecule has 0 aliphatic carbocycles. The van der Waals surface area contributed by atoms with Crippen LogP contribution in [0.3, 0.4) is 0 Å². The maximum absolute atomic E-state index is 9.31. The molecule has 0 unspecified atom stereocenters. The van der Waals surface area contributed by atoms with Crippen molar-refractivity contribution in [1.29, 1.82) is 5.26 Å². The quantitative estimate of drug-likeness (QED) is 0.865. The van der Waals surface area contributed by atoms with Crippen LogP contribution in [0.1, 0.15) is 44.0 Å². The summed E-state index contributed by atoms with van der Waals surface area (Å²) in [6, 6.07) is 10.2. The number of benzene rings is 1. The Hall–Kier alpha value is -2.52. The summed E-state index contributed by atoms with van der Waals surface area (Å²) in [5.41, 5.74) is 1.19. The zero-order valence-electron chi connectivity index (χ0n) is 15.8. The van der Waals surface area contributed by atoms with Crippen molar-refractivity contribution in [2.45, 2.75) is 32.2 Å². The highest BCUT2D eigenvalue weighted by atomic mass is 16.5. The maximum Gasteiger partial charge on any atom is 0.232 e. The Morgan fingerprint density at radius 1 is 1.28 bits per heavy atom. The number of nitrogens with one attached hydrogen (secondary N) is 1. The van der Waals surface area contributed by atoms with Crippen molar-refractivity contribution >= 4 is 5.88 Å². The van der Waals surface area contributed by atoms with E-state index >= 15 is 0 Å². The van der Waals surface area contributed by atoms with Gasteiger partial charge in [0.15, 0.2) is 0 Å². The number of rotatable bonds is 6. The molecule has 25 heavy (non-hydrogen) atoms. The fraction of sp³-hybridized carbons (Fsp3) is 0.474. The second-order valence-electron chi connectivity index (χ2n) is 7.19. The van der Waals surface area contributed by atoms with Gasteiger partial charge < -0.3 is 19.4 Å². The minimum Gasteiger partial charge on any atom is -0.497 e. The fourth-order valence-corrected chi connectivity index (χ4v) is 2.45. The summed E-state index contributed by atoms with van der Waals surface area (Å²) in [4.78, 5) is 6.41. The van der Waals surface area contributed by atoms with Crippen molar-refractivity contribution in [3.63, 3.8) is 0 Å². The van der Waals surface area contributed by atoms with E-state index < -0.39 is 0 Å². The maximum atomic E-state index is 9.31. The number of ether oxygens (including phenoxy) is 1. The third kappa shape index (κ3) is 4.52. The van der Waals surface area contributed by atoms with E-state index in [4.69, 9.17) is 9.15 Å². The van der Waals surface area contributed by atoms with Crippen LogP contribution >= 0.6 is 0 Å². The van der Waals surface area contributed by atoms with Crippen LogP contribution in [0.4, 0.5) is 5.88 Å². The first-order valence-electron chi connectivity index (χ1n) is 8.22. The van der Waals surface area contributed by atoms with Crippen molar-refractivity contribution < 1.29 is 9.15 Å². The topological polar surface area (TPSA) is 74.3 Å². The molecule has 1 aromatic carbocycles. The third-order valence-electron chi connectivity index (χ3n) is 3.95. The molecule has 1 aromatic heterocycles. The van der Waals surface area contributed by atoms with E-state index in [2.05, 4.69) is 21.3 Å². The smallest absolute Gasteiger partial charge is 0.232 e. The minimum absolute atomic E-state index is 0.112. The molecule has 6 heteroatoms. The lowest BCUT2D eigenvalue weighted by molar-refractivity contribution is 0.309. The van der Waals surface area contributed by atoms with Gasteiger partial charge in [-0.2, -0.15) is 10.2 Å². The fourth-order valence-electron chi connectivity index (χ4n) is 2.45. The SMILES string of the molecule is COc1ccc([C@H](CNc2oc(C(C)(C)C)nc2C#N)N(C)C)cc1. The highest BCUT2D eigenvalue weighted by Gasteiger charge is 2.24. The summed E-state index contributed by atoms with van der Waals surface area (Å²) in [7, 11) is 5.69. The van der Waals surface area contributed by atoms with E-state index in [1.54, 1.807) is 7.11 Å². The van der Waals surface area contributed by atoms with Gasteiger partial charge >= 0.3 is 0 Å². The number of anilines is 1. The van der Waals surface area contributed by atoms with Crippen molar-refractivity contribution in [1.82, 2.24) is 9.88 Å². The molecular weight excluding hydrogens is 316 g/mol. The van der Waals surface area contributed by atoms with Crippen LogP contribution in [0.15, 0.2) is 28.7 Å². The molecular formula is C19H26N4O2. The zero-order valence-corrected chi connectivity index (χ0v) is 15.8. The molecule has 1 N–H and O–H groups in total. The van der Waals surface area contributed by atoms with E-state index in [1.807, 2.05) is 59.1 Å². The Balaban J connectivity index is 2.19. The average Bonchev–Trinajstić information content (AvgIpc) is 2.99. The molecule has 1 atom stereocenters. The molecule has 134 valence electrons. The monoisotopic (exact) mass is 342 g/mol. The van der Waals surface area contributed by atoms with Gasteiger partial charge in [0.1, 0.15) is 11.8 Å². The normalized spacial score (nSPS) is 12.7. The lowest BCUT2D eigenvalue weighted by Crippen LogP contribution is -2.26. The molecule has 0 aliphatic rings. The first-order chi connectivity index (χ1) is 11.8. The lowest BCUT2D eigenvalue weighted by atomic mass is 9.97. The summed E-state index contributed by atoms with van der Waals surface area (Å²) >= 11 is 0. The molecule has 2 aromatic rings. The molecule has 1 heterocycles. The van der Waals surface area contributed by atoms with Gasteiger partial charge in [-0.05, 0) is 31.8 Å². The van der Waals surface area contributed by atoms with Gasteiger partial charge in [-0.1, -0.05) is 32.9 Å². The van der Waals surface area contributed by atoms with Crippen molar-refractivity contribution in [3.8, 4) is 11.8 Å². The number of nitriles is 1. The number of aromatic nitrogens is 1. The van der Waals surface area contributed by atoms with Crippen LogP contribution in [-0.2, 0) is 5.41 Å². The molecule has 0 saturated carbocycles. The van der Waals surface area contributed by atoms with E-state index in [9.17, 15) is 5.26 Å². The van der Waals surface area contributed by atoms with Crippen LogP contribution in [0.5, 0.6) is 5.75 Å². The molecule has 0 spiro atoms. The number of hydrogen-bond donors (Lipinski definition) is 1. The zero-order chi connectivity index (χ0) is 18.6. The number of nitrogens with zero attached hydrogens (tertiary/aromatic N) is 3. The standard InChI is InChI=1S/C19H26N4O2/c1-19(2,3)18-22-15(11-20)17(25-18)21-12-16(23(4)5)13-7-9-14(24-6)10-8-13/h7-10,16,21H,12H2,1-6H3/t16-/m0/s1. The highest BCUT2D eigenvalue weighted by molar-refractivity contribution is 5.46. The predicted molar refractivity (Wildman–Crippen MR) is 97.8 cm³/mol. The second-order valence-corrected chi connectivity index (χ2v) is 7.19. The van der Waals surface area contributed by atoms with Crippen LogP contribution < -0.4 is 10.1 Å². The number of oxazole rings is 1. The molecule has 0 amide bonds. The van der Waals surface area contributed by atoms with Gasteiger partial charge in [0.05, 0.1) is 13.2 Å². The number of methoxy groups -OCH3 is 1. The Morgan fingerprint density at radius 2 is 1.92 bits per heavy atom. The Labute approximate surface area is 149 Å². The summed E-state index contributed by atoms with van der Waals surface area (Å²) in [5.74, 6) is 1.80. The average molecular weight is 342 g/mol. The van der Waals surface area contributed by atoms with Crippen LogP contribution in [0, 0.1) is 11.3 Å². The van der Waals surface area contributed by atoms with Crippen LogP contribution in [0.2, 0.25) is 0 Å². The largest absolute Gasteiger partial charge is 0.497 e. The molecule has 0 bridgehead atoms. The van der Waals surface area contributed by atoms with E-state index in [0.717, 1.165) is 11.3 Å². The van der Waals surface area contributed by atoms with Crippen molar-refractivity contribution in [2.24, 2.45) is 0 Å². The lowest BCUT2D eigenvalue weighted by Gasteiger charge is -2.25. The first kappa shape index (κ1) is 18.8. The highest BCUT2D eigenvalue weighted by Crippen LogP contribution is 2.28. The third-order valence-corrected chi connectivity index (χ3v) is 3.95. The van der Waals surface area contributed by atoms with Gasteiger partial charge in [0, 0.05) is 12.0 Å². The molecule has 0 saturated heterocycles. The van der Waals surface area contributed by atoms with Gasteiger partial charge in [-0.3, -0.25) is 0 Å². The summed E-state index contributed by atoms with van der Waals surface area (Å²) in [6.07, 6.45) is 0. The van der Waals surface area contributed by atoms with Gasteiger partial charge in [-0.15, -0.1) is 0 Å². The van der Waals surface area contributed by atoms with E-state index in [-0.39, 0.29) is 17.2 Å². The van der Waals surface area contributed by atoms with Gasteiger partial charge in [0.25, 0.3) is 0 Å². The molecule has 6 nitrogen and oxygen atoms in total. The van der Waals surface area contributed by atoms with Gasteiger partial charge in [0.2, 0.25) is 17.5 Å². The summed E-state index contributed by atoms with van der Waals surface area (Å²) in [5, 5.41) is 12.6. The minimum atomic E-state index is -0.248. The van der Waals surface area contributed by atoms with E-state index in [0.29, 0.717) is 18.3 Å². The summed E-state index contributed by atoms with van der Waals surface area (Å²) < 4.78 is 11.0.